The molecule has 0 saturated carbocycles. The van der Waals surface area contributed by atoms with Gasteiger partial charge in [-0.15, -0.1) is 0 Å². The fourth-order valence-corrected chi connectivity index (χ4v) is 2.94. The van der Waals surface area contributed by atoms with Gasteiger partial charge in [-0.3, -0.25) is 0 Å². The minimum absolute atomic E-state index is 0.0464. The molecule has 0 aromatic heterocycles. The molecule has 0 saturated heterocycles. The topological polar surface area (TPSA) is 44.5 Å². The smallest absolute Gasteiger partial charge is 0.165 e. The molecule has 16 heavy (non-hydrogen) atoms. The number of fused-ring (bicyclic) bond motifs is 1. The van der Waals surface area contributed by atoms with Crippen LogP contribution in [0, 0.1) is 0 Å². The van der Waals surface area contributed by atoms with Gasteiger partial charge in [0.1, 0.15) is 0 Å². The maximum atomic E-state index is 6.16. The Hall–Kier alpha value is -0.740. The zero-order chi connectivity index (χ0) is 11.7. The van der Waals surface area contributed by atoms with Crippen molar-refractivity contribution < 1.29 is 9.47 Å². The summed E-state index contributed by atoms with van der Waals surface area (Å²) in [4.78, 5) is 0. The van der Waals surface area contributed by atoms with E-state index in [1.54, 1.807) is 14.2 Å². The normalized spacial score (nSPS) is 19.1. The van der Waals surface area contributed by atoms with Crippen molar-refractivity contribution in [3.8, 4) is 11.5 Å². The quantitative estimate of drug-likeness (QED) is 0.909. The lowest BCUT2D eigenvalue weighted by Gasteiger charge is -2.26. The van der Waals surface area contributed by atoms with Crippen molar-refractivity contribution in [2.75, 3.05) is 14.2 Å². The van der Waals surface area contributed by atoms with Crippen LogP contribution < -0.4 is 15.2 Å². The minimum Gasteiger partial charge on any atom is -0.493 e. The van der Waals surface area contributed by atoms with Gasteiger partial charge in [0.05, 0.1) is 14.2 Å². The van der Waals surface area contributed by atoms with Crippen LogP contribution >= 0.6 is 15.9 Å². The van der Waals surface area contributed by atoms with Crippen molar-refractivity contribution in [1.82, 2.24) is 0 Å². The van der Waals surface area contributed by atoms with Gasteiger partial charge in [-0.25, -0.2) is 0 Å². The third-order valence-corrected chi connectivity index (χ3v) is 3.78. The molecule has 1 aliphatic carbocycles. The Bertz CT molecular complexity index is 406. The molecule has 1 aromatic carbocycles. The Morgan fingerprint density at radius 1 is 1.38 bits per heavy atom. The van der Waals surface area contributed by atoms with Gasteiger partial charge >= 0.3 is 0 Å². The highest BCUT2D eigenvalue weighted by Gasteiger charge is 2.26. The number of methoxy groups -OCH3 is 2. The predicted octanol–water partition coefficient (Wildman–Crippen LogP) is 2.80. The van der Waals surface area contributed by atoms with Crippen molar-refractivity contribution in [3.05, 3.63) is 21.7 Å². The first kappa shape index (κ1) is 11.7. The summed E-state index contributed by atoms with van der Waals surface area (Å²) in [7, 11) is 3.30. The fourth-order valence-electron chi connectivity index (χ4n) is 2.32. The zero-order valence-corrected chi connectivity index (χ0v) is 11.1. The van der Waals surface area contributed by atoms with E-state index in [1.807, 2.05) is 6.07 Å². The average Bonchev–Trinajstić information content (AvgIpc) is 2.29. The van der Waals surface area contributed by atoms with Crippen molar-refractivity contribution in [1.29, 1.82) is 0 Å². The average molecular weight is 286 g/mol. The third-order valence-electron chi connectivity index (χ3n) is 3.08. The highest BCUT2D eigenvalue weighted by Crippen LogP contribution is 2.44. The van der Waals surface area contributed by atoms with Crippen LogP contribution in [0.4, 0.5) is 0 Å². The summed E-state index contributed by atoms with van der Waals surface area (Å²) < 4.78 is 11.8. The fraction of sp³-hybridized carbons (Fsp3) is 0.500. The van der Waals surface area contributed by atoms with Gasteiger partial charge in [-0.1, -0.05) is 15.9 Å². The first-order valence-electron chi connectivity index (χ1n) is 5.37. The molecular formula is C12H16BrNO2. The summed E-state index contributed by atoms with van der Waals surface area (Å²) >= 11 is 3.57. The van der Waals surface area contributed by atoms with Crippen LogP contribution in [0.2, 0.25) is 0 Å². The van der Waals surface area contributed by atoms with Crippen LogP contribution in [0.5, 0.6) is 11.5 Å². The van der Waals surface area contributed by atoms with E-state index in [1.165, 1.54) is 5.56 Å². The largest absolute Gasteiger partial charge is 0.493 e. The van der Waals surface area contributed by atoms with Crippen LogP contribution in [-0.2, 0) is 6.42 Å². The van der Waals surface area contributed by atoms with E-state index >= 15 is 0 Å². The molecule has 2 rings (SSSR count). The van der Waals surface area contributed by atoms with Gasteiger partial charge in [-0.05, 0) is 30.9 Å². The Morgan fingerprint density at radius 2 is 2.12 bits per heavy atom. The number of hydrogen-bond acceptors (Lipinski definition) is 3. The van der Waals surface area contributed by atoms with Gasteiger partial charge in [-0.2, -0.15) is 0 Å². The SMILES string of the molecule is COc1cc(Br)c2c(c1OC)C(N)CCC2. The van der Waals surface area contributed by atoms with Gasteiger partial charge < -0.3 is 15.2 Å². The van der Waals surface area contributed by atoms with E-state index in [2.05, 4.69) is 15.9 Å². The number of benzene rings is 1. The Balaban J connectivity index is 2.65. The van der Waals surface area contributed by atoms with Crippen molar-refractivity contribution in [2.45, 2.75) is 25.3 Å². The van der Waals surface area contributed by atoms with Crippen molar-refractivity contribution in [2.24, 2.45) is 5.73 Å². The maximum absolute atomic E-state index is 6.16. The summed E-state index contributed by atoms with van der Waals surface area (Å²) in [6.07, 6.45) is 3.18. The van der Waals surface area contributed by atoms with Crippen LogP contribution in [-0.4, -0.2) is 14.2 Å². The number of halogens is 1. The molecule has 1 aromatic rings. The highest BCUT2D eigenvalue weighted by molar-refractivity contribution is 9.10. The lowest BCUT2D eigenvalue weighted by molar-refractivity contribution is 0.345. The summed E-state index contributed by atoms with van der Waals surface area (Å²) in [5.74, 6) is 1.53. The first-order valence-corrected chi connectivity index (χ1v) is 6.17. The molecular weight excluding hydrogens is 270 g/mol. The molecule has 0 aliphatic heterocycles. The van der Waals surface area contributed by atoms with Crippen LogP contribution in [0.1, 0.15) is 30.0 Å². The second-order valence-corrected chi connectivity index (χ2v) is 4.84. The molecule has 1 unspecified atom stereocenters. The minimum atomic E-state index is 0.0464. The second kappa shape index (κ2) is 4.63. The maximum Gasteiger partial charge on any atom is 0.165 e. The predicted molar refractivity (Wildman–Crippen MR) is 67.1 cm³/mol. The molecule has 4 heteroatoms. The summed E-state index contributed by atoms with van der Waals surface area (Å²) in [6.45, 7) is 0. The molecule has 0 bridgehead atoms. The van der Waals surface area contributed by atoms with E-state index in [4.69, 9.17) is 15.2 Å². The van der Waals surface area contributed by atoms with Crippen LogP contribution in [0.3, 0.4) is 0 Å². The molecule has 1 aliphatic rings. The summed E-state index contributed by atoms with van der Waals surface area (Å²) in [5.41, 5.74) is 8.52. The Kier molecular flexibility index (Phi) is 3.40. The number of hydrogen-bond donors (Lipinski definition) is 1. The monoisotopic (exact) mass is 285 g/mol. The second-order valence-electron chi connectivity index (χ2n) is 3.98. The molecule has 2 N–H and O–H groups in total. The molecule has 3 nitrogen and oxygen atoms in total. The number of nitrogens with two attached hydrogens (primary N) is 1. The van der Waals surface area contributed by atoms with Crippen LogP contribution in [0.15, 0.2) is 10.5 Å². The molecule has 0 heterocycles. The lowest BCUT2D eigenvalue weighted by Crippen LogP contribution is -2.19. The van der Waals surface area contributed by atoms with E-state index in [0.29, 0.717) is 0 Å². The standard InChI is InChI=1S/C12H16BrNO2/c1-15-10-6-8(13)7-4-3-5-9(14)11(7)12(10)16-2/h6,9H,3-5,14H2,1-2H3. The van der Waals surface area contributed by atoms with Crippen LogP contribution in [0.25, 0.3) is 0 Å². The van der Waals surface area contributed by atoms with Crippen molar-refractivity contribution >= 4 is 15.9 Å². The van der Waals surface area contributed by atoms with Gasteiger partial charge in [0.15, 0.2) is 11.5 Å². The molecule has 0 amide bonds. The summed E-state index contributed by atoms with van der Waals surface area (Å²) in [6, 6.07) is 2.00. The third kappa shape index (κ3) is 1.80. The molecule has 0 radical (unpaired) electrons. The molecule has 0 spiro atoms. The first-order chi connectivity index (χ1) is 7.69. The number of rotatable bonds is 2. The van der Waals surface area contributed by atoms with Gasteiger partial charge in [0, 0.05) is 16.1 Å². The lowest BCUT2D eigenvalue weighted by atomic mass is 9.87. The van der Waals surface area contributed by atoms with E-state index in [0.717, 1.165) is 40.8 Å². The van der Waals surface area contributed by atoms with E-state index < -0.39 is 0 Å². The van der Waals surface area contributed by atoms with E-state index in [-0.39, 0.29) is 6.04 Å². The highest BCUT2D eigenvalue weighted by atomic mass is 79.9. The van der Waals surface area contributed by atoms with Gasteiger partial charge in [0.2, 0.25) is 0 Å². The molecule has 88 valence electrons. The van der Waals surface area contributed by atoms with E-state index in [9.17, 15) is 0 Å². The molecule has 0 fully saturated rings. The zero-order valence-electron chi connectivity index (χ0n) is 9.55. The Labute approximate surface area is 104 Å². The summed E-state index contributed by atoms with van der Waals surface area (Å²) in [5, 5.41) is 0. The van der Waals surface area contributed by atoms with Gasteiger partial charge in [0.25, 0.3) is 0 Å². The molecule has 1 atom stereocenters. The van der Waals surface area contributed by atoms with Crippen molar-refractivity contribution in [3.63, 3.8) is 0 Å². The number of ether oxygens (including phenoxy) is 2. The Morgan fingerprint density at radius 3 is 2.75 bits per heavy atom.